The second kappa shape index (κ2) is 11.3. The molecule has 0 radical (unpaired) electrons. The molecule has 0 amide bonds. The number of benzene rings is 1. The summed E-state index contributed by atoms with van der Waals surface area (Å²) in [5.41, 5.74) is 2.71. The molecular formula is C31H47NO6. The molecule has 5 aliphatic rings. The third-order valence-electron chi connectivity index (χ3n) is 10.1. The molecule has 2 saturated carbocycles. The highest BCUT2D eigenvalue weighted by Crippen LogP contribution is 2.65. The summed E-state index contributed by atoms with van der Waals surface area (Å²) in [6, 6.07) is 4.68. The van der Waals surface area contributed by atoms with Gasteiger partial charge in [0, 0.05) is 24.8 Å². The lowest BCUT2D eigenvalue weighted by Gasteiger charge is -2.64. The molecule has 6 rings (SSSR count). The first-order valence-corrected chi connectivity index (χ1v) is 15.2. The highest BCUT2D eigenvalue weighted by Gasteiger charge is 2.73. The fraction of sp³-hybridized carbons (Fsp3) is 0.806. The molecule has 3 aliphatic carbocycles. The van der Waals surface area contributed by atoms with Crippen molar-refractivity contribution < 1.29 is 28.8 Å². The first-order chi connectivity index (χ1) is 18.6. The average Bonchev–Trinajstić information content (AvgIpc) is 3.24. The Hall–Kier alpha value is -1.22. The summed E-state index contributed by atoms with van der Waals surface area (Å²) in [6.07, 6.45) is 8.35. The standard InChI is InChI=1S/C31H47NO6/c1-3-13-34-14-15-35-16-17-36-18-19-37-25-9-10-31(33)26-20-24-8-7-22(2)28-27(24)30(31,29(25)38-28)11-12-32(26)21-23-5-4-6-23/h7-8,23,25-26,29,33H,3-6,9-21H2,1-2H3/t25?,26-,29?,30+,31-/m1/s1. The molecule has 2 bridgehead atoms. The monoisotopic (exact) mass is 529 g/mol. The van der Waals surface area contributed by atoms with Crippen molar-refractivity contribution in [3.8, 4) is 5.75 Å². The number of hydrogen-bond acceptors (Lipinski definition) is 7. The first-order valence-electron chi connectivity index (χ1n) is 15.2. The minimum Gasteiger partial charge on any atom is -0.486 e. The molecule has 1 saturated heterocycles. The number of nitrogens with zero attached hydrogens (tertiary/aromatic N) is 1. The number of ether oxygens (including phenoxy) is 5. The normalized spacial score (nSPS) is 33.6. The van der Waals surface area contributed by atoms with E-state index >= 15 is 0 Å². The van der Waals surface area contributed by atoms with Crippen LogP contribution >= 0.6 is 0 Å². The van der Waals surface area contributed by atoms with Crippen molar-refractivity contribution in [1.29, 1.82) is 0 Å². The van der Waals surface area contributed by atoms with Gasteiger partial charge in [0.05, 0.1) is 56.8 Å². The van der Waals surface area contributed by atoms with Gasteiger partial charge in [0.2, 0.25) is 0 Å². The largest absolute Gasteiger partial charge is 0.486 e. The van der Waals surface area contributed by atoms with E-state index in [9.17, 15) is 5.11 Å². The molecule has 7 nitrogen and oxygen atoms in total. The van der Waals surface area contributed by atoms with Crippen LogP contribution in [-0.2, 0) is 30.8 Å². The minimum absolute atomic E-state index is 0.0394. The molecule has 2 aliphatic heterocycles. The van der Waals surface area contributed by atoms with E-state index in [0.717, 1.165) is 63.5 Å². The van der Waals surface area contributed by atoms with Crippen LogP contribution < -0.4 is 4.74 Å². The minimum atomic E-state index is -0.764. The van der Waals surface area contributed by atoms with Crippen LogP contribution in [0.4, 0.5) is 0 Å². The second-order valence-corrected chi connectivity index (χ2v) is 12.2. The van der Waals surface area contributed by atoms with E-state index in [1.807, 2.05) is 0 Å². The van der Waals surface area contributed by atoms with Gasteiger partial charge in [-0.2, -0.15) is 0 Å². The van der Waals surface area contributed by atoms with Gasteiger partial charge in [-0.3, -0.25) is 4.90 Å². The maximum absolute atomic E-state index is 12.6. The lowest BCUT2D eigenvalue weighted by molar-refractivity contribution is -0.218. The van der Waals surface area contributed by atoms with Gasteiger partial charge in [-0.15, -0.1) is 0 Å². The molecule has 7 heteroatoms. The molecule has 5 atom stereocenters. The van der Waals surface area contributed by atoms with E-state index in [0.29, 0.717) is 39.6 Å². The van der Waals surface area contributed by atoms with Gasteiger partial charge in [0.15, 0.2) is 0 Å². The molecule has 1 spiro atoms. The zero-order valence-corrected chi connectivity index (χ0v) is 23.4. The Balaban J connectivity index is 1.10. The second-order valence-electron chi connectivity index (χ2n) is 12.2. The summed E-state index contributed by atoms with van der Waals surface area (Å²) in [5.74, 6) is 1.82. The fourth-order valence-corrected chi connectivity index (χ4v) is 8.07. The maximum Gasteiger partial charge on any atom is 0.137 e. The topological polar surface area (TPSA) is 69.6 Å². The number of aliphatic hydroxyl groups is 1. The number of hydrogen-bond donors (Lipinski definition) is 1. The van der Waals surface area contributed by atoms with E-state index in [1.165, 1.54) is 36.0 Å². The molecule has 1 aromatic carbocycles. The van der Waals surface area contributed by atoms with Crippen molar-refractivity contribution >= 4 is 0 Å². The first kappa shape index (κ1) is 27.0. The van der Waals surface area contributed by atoms with Gasteiger partial charge in [-0.25, -0.2) is 0 Å². The maximum atomic E-state index is 12.6. The van der Waals surface area contributed by atoms with Crippen molar-refractivity contribution in [3.63, 3.8) is 0 Å². The summed E-state index contributed by atoms with van der Waals surface area (Å²) in [6.45, 7) is 10.6. The Kier molecular flexibility index (Phi) is 8.05. The van der Waals surface area contributed by atoms with Crippen molar-refractivity contribution in [2.45, 2.75) is 94.5 Å². The van der Waals surface area contributed by atoms with E-state index in [1.54, 1.807) is 0 Å². The predicted octanol–water partition coefficient (Wildman–Crippen LogP) is 3.79. The molecular weight excluding hydrogens is 482 g/mol. The number of likely N-dealkylation sites (tertiary alicyclic amines) is 1. The Bertz CT molecular complexity index is 968. The van der Waals surface area contributed by atoms with Gasteiger partial charge in [0.25, 0.3) is 0 Å². The zero-order chi connectivity index (χ0) is 26.2. The van der Waals surface area contributed by atoms with E-state index in [2.05, 4.69) is 30.9 Å². The van der Waals surface area contributed by atoms with Gasteiger partial charge >= 0.3 is 0 Å². The highest BCUT2D eigenvalue weighted by atomic mass is 16.6. The van der Waals surface area contributed by atoms with Crippen LogP contribution in [0.2, 0.25) is 0 Å². The summed E-state index contributed by atoms with van der Waals surface area (Å²) < 4.78 is 30.0. The van der Waals surface area contributed by atoms with Gasteiger partial charge < -0.3 is 28.8 Å². The molecule has 2 heterocycles. The quantitative estimate of drug-likeness (QED) is 0.368. The molecule has 212 valence electrons. The van der Waals surface area contributed by atoms with Gasteiger partial charge in [0.1, 0.15) is 11.9 Å². The van der Waals surface area contributed by atoms with Gasteiger partial charge in [-0.05, 0) is 75.5 Å². The zero-order valence-electron chi connectivity index (χ0n) is 23.4. The summed E-state index contributed by atoms with van der Waals surface area (Å²) in [4.78, 5) is 2.64. The molecule has 1 N–H and O–H groups in total. The van der Waals surface area contributed by atoms with Crippen LogP contribution in [0.5, 0.6) is 5.75 Å². The number of aryl methyl sites for hydroxylation is 1. The SMILES string of the molecule is CCCOCCOCCOCCOC1CC[C@@]2(O)[C@H]3Cc4ccc(C)c5c4[C@@]2(CCN3CC2CCC2)C1O5. The molecule has 3 fully saturated rings. The van der Waals surface area contributed by atoms with Crippen LogP contribution in [0.25, 0.3) is 0 Å². The predicted molar refractivity (Wildman–Crippen MR) is 145 cm³/mol. The van der Waals surface area contributed by atoms with Crippen LogP contribution in [0.15, 0.2) is 12.1 Å². The fourth-order valence-electron chi connectivity index (χ4n) is 8.07. The smallest absolute Gasteiger partial charge is 0.137 e. The Morgan fingerprint density at radius 1 is 0.974 bits per heavy atom. The van der Waals surface area contributed by atoms with E-state index in [-0.39, 0.29) is 23.7 Å². The van der Waals surface area contributed by atoms with E-state index in [4.69, 9.17) is 23.7 Å². The van der Waals surface area contributed by atoms with Crippen molar-refractivity contribution in [2.24, 2.45) is 5.92 Å². The molecule has 1 aromatic rings. The van der Waals surface area contributed by atoms with Crippen LogP contribution in [0.1, 0.15) is 68.6 Å². The van der Waals surface area contributed by atoms with Crippen LogP contribution in [0.3, 0.4) is 0 Å². The van der Waals surface area contributed by atoms with Crippen LogP contribution in [-0.4, -0.2) is 93.2 Å². The van der Waals surface area contributed by atoms with Crippen molar-refractivity contribution in [2.75, 3.05) is 59.3 Å². The Labute approximate surface area is 228 Å². The van der Waals surface area contributed by atoms with Crippen molar-refractivity contribution in [1.82, 2.24) is 4.90 Å². The van der Waals surface area contributed by atoms with Crippen LogP contribution in [0, 0.1) is 12.8 Å². The Morgan fingerprint density at radius 2 is 1.71 bits per heavy atom. The molecule has 38 heavy (non-hydrogen) atoms. The third kappa shape index (κ3) is 4.51. The third-order valence-corrected chi connectivity index (χ3v) is 10.1. The highest BCUT2D eigenvalue weighted by molar-refractivity contribution is 5.60. The lowest BCUT2D eigenvalue weighted by Crippen LogP contribution is -2.77. The van der Waals surface area contributed by atoms with E-state index < -0.39 is 5.60 Å². The Morgan fingerprint density at radius 3 is 2.42 bits per heavy atom. The summed E-state index contributed by atoms with van der Waals surface area (Å²) >= 11 is 0. The lowest BCUT2D eigenvalue weighted by atomic mass is 9.48. The summed E-state index contributed by atoms with van der Waals surface area (Å²) in [7, 11) is 0. The van der Waals surface area contributed by atoms with Crippen molar-refractivity contribution in [3.05, 3.63) is 28.8 Å². The number of piperidine rings is 1. The average molecular weight is 530 g/mol. The molecule has 0 aromatic heterocycles. The van der Waals surface area contributed by atoms with Gasteiger partial charge in [-0.1, -0.05) is 25.5 Å². The summed E-state index contributed by atoms with van der Waals surface area (Å²) in [5, 5.41) is 12.6. The molecule has 2 unspecified atom stereocenters. The number of rotatable bonds is 14.